The largest absolute Gasteiger partial charge is 0.496 e. The van der Waals surface area contributed by atoms with Crippen LogP contribution in [0.5, 0.6) is 5.75 Å². The zero-order valence-electron chi connectivity index (χ0n) is 17.8. The topological polar surface area (TPSA) is 82.7 Å². The molecule has 8 heteroatoms. The Balaban J connectivity index is 1.81. The van der Waals surface area contributed by atoms with E-state index in [-0.39, 0.29) is 30.9 Å². The molecule has 0 aliphatic carbocycles. The summed E-state index contributed by atoms with van der Waals surface area (Å²) in [5, 5.41) is 8.97. The second-order valence-electron chi connectivity index (χ2n) is 7.07. The molecule has 3 amide bonds. The van der Waals surface area contributed by atoms with E-state index >= 15 is 0 Å². The van der Waals surface area contributed by atoms with Crippen LogP contribution in [0.25, 0.3) is 0 Å². The molecule has 0 heterocycles. The number of para-hydroxylation sites is 1. The lowest BCUT2D eigenvalue weighted by molar-refractivity contribution is -0.116. The molecule has 2 aromatic rings. The van der Waals surface area contributed by atoms with Gasteiger partial charge in [0.15, 0.2) is 0 Å². The van der Waals surface area contributed by atoms with Gasteiger partial charge in [-0.05, 0) is 44.8 Å². The van der Waals surface area contributed by atoms with E-state index in [9.17, 15) is 9.59 Å². The maximum absolute atomic E-state index is 12.2. The molecule has 2 aromatic carbocycles. The second kappa shape index (κ2) is 11.4. The third-order valence-electron chi connectivity index (χ3n) is 4.76. The van der Waals surface area contributed by atoms with Gasteiger partial charge in [-0.2, -0.15) is 0 Å². The van der Waals surface area contributed by atoms with Crippen molar-refractivity contribution in [3.63, 3.8) is 0 Å². The van der Waals surface area contributed by atoms with E-state index in [0.717, 1.165) is 16.9 Å². The SMILES string of the molecule is COc1ccccc1C(CNC(=O)NCCC(=O)Nc1cccc(Cl)c1C)N(C)C. The van der Waals surface area contributed by atoms with Crippen LogP contribution in [0.15, 0.2) is 42.5 Å². The van der Waals surface area contributed by atoms with Crippen LogP contribution in [-0.2, 0) is 4.79 Å². The number of carbonyl (C=O) groups is 2. The number of carbonyl (C=O) groups excluding carboxylic acids is 2. The van der Waals surface area contributed by atoms with E-state index in [1.165, 1.54) is 0 Å². The van der Waals surface area contributed by atoms with Gasteiger partial charge in [-0.3, -0.25) is 4.79 Å². The number of likely N-dealkylation sites (N-methyl/N-ethyl adjacent to an activating group) is 1. The Morgan fingerprint density at radius 1 is 1.10 bits per heavy atom. The minimum atomic E-state index is -0.330. The van der Waals surface area contributed by atoms with Gasteiger partial charge in [0.05, 0.1) is 13.2 Å². The number of hydrogen-bond acceptors (Lipinski definition) is 4. The maximum atomic E-state index is 12.2. The Morgan fingerprint density at radius 2 is 1.83 bits per heavy atom. The Morgan fingerprint density at radius 3 is 2.53 bits per heavy atom. The van der Waals surface area contributed by atoms with Gasteiger partial charge in [0.25, 0.3) is 0 Å². The minimum absolute atomic E-state index is 0.0546. The Labute approximate surface area is 182 Å². The molecule has 3 N–H and O–H groups in total. The van der Waals surface area contributed by atoms with Gasteiger partial charge >= 0.3 is 6.03 Å². The molecule has 1 atom stereocenters. The zero-order valence-corrected chi connectivity index (χ0v) is 18.5. The number of amides is 3. The molecular weight excluding hydrogens is 404 g/mol. The van der Waals surface area contributed by atoms with Gasteiger partial charge in [-0.15, -0.1) is 0 Å². The molecule has 0 aliphatic rings. The van der Waals surface area contributed by atoms with Crippen molar-refractivity contribution in [3.05, 3.63) is 58.6 Å². The monoisotopic (exact) mass is 432 g/mol. The van der Waals surface area contributed by atoms with Crippen LogP contribution in [-0.4, -0.2) is 51.1 Å². The standard InChI is InChI=1S/C22H29ClN4O3/c1-15-17(23)9-7-10-18(15)26-21(28)12-13-24-22(29)25-14-19(27(2)3)16-8-5-6-11-20(16)30-4/h5-11,19H,12-14H2,1-4H3,(H,26,28)(H2,24,25,29). The van der Waals surface area contributed by atoms with Crippen molar-refractivity contribution in [1.82, 2.24) is 15.5 Å². The first-order chi connectivity index (χ1) is 14.3. The molecule has 0 bridgehead atoms. The minimum Gasteiger partial charge on any atom is -0.496 e. The van der Waals surface area contributed by atoms with Gasteiger partial charge in [0.1, 0.15) is 5.75 Å². The smallest absolute Gasteiger partial charge is 0.314 e. The highest BCUT2D eigenvalue weighted by molar-refractivity contribution is 6.31. The number of anilines is 1. The molecule has 7 nitrogen and oxygen atoms in total. The van der Waals surface area contributed by atoms with E-state index in [2.05, 4.69) is 16.0 Å². The molecular formula is C22H29ClN4O3. The summed E-state index contributed by atoms with van der Waals surface area (Å²) >= 11 is 6.06. The van der Waals surface area contributed by atoms with Crippen molar-refractivity contribution in [2.45, 2.75) is 19.4 Å². The van der Waals surface area contributed by atoms with Gasteiger partial charge in [0.2, 0.25) is 5.91 Å². The van der Waals surface area contributed by atoms with E-state index in [1.807, 2.05) is 50.2 Å². The highest BCUT2D eigenvalue weighted by Gasteiger charge is 2.19. The first-order valence-corrected chi connectivity index (χ1v) is 10.1. The van der Waals surface area contributed by atoms with Crippen LogP contribution in [0.1, 0.15) is 23.6 Å². The van der Waals surface area contributed by atoms with Gasteiger partial charge in [-0.25, -0.2) is 4.79 Å². The Bertz CT molecular complexity index is 873. The molecule has 0 saturated heterocycles. The van der Waals surface area contributed by atoms with Crippen molar-refractivity contribution in [3.8, 4) is 5.75 Å². The average molecular weight is 433 g/mol. The van der Waals surface area contributed by atoms with Crippen LogP contribution in [0.4, 0.5) is 10.5 Å². The number of benzene rings is 2. The van der Waals surface area contributed by atoms with E-state index in [4.69, 9.17) is 16.3 Å². The Kier molecular flexibility index (Phi) is 8.95. The summed E-state index contributed by atoms with van der Waals surface area (Å²) in [5.41, 5.74) is 2.47. The van der Waals surface area contributed by atoms with Crippen molar-refractivity contribution in [2.24, 2.45) is 0 Å². The number of rotatable bonds is 9. The molecule has 1 unspecified atom stereocenters. The average Bonchev–Trinajstić information content (AvgIpc) is 2.71. The molecule has 0 aliphatic heterocycles. The van der Waals surface area contributed by atoms with E-state index < -0.39 is 0 Å². The second-order valence-corrected chi connectivity index (χ2v) is 7.48. The van der Waals surface area contributed by atoms with E-state index in [1.54, 1.807) is 25.3 Å². The maximum Gasteiger partial charge on any atom is 0.314 e. The number of nitrogens with zero attached hydrogens (tertiary/aromatic N) is 1. The molecule has 0 radical (unpaired) electrons. The van der Waals surface area contributed by atoms with Crippen LogP contribution < -0.4 is 20.7 Å². The van der Waals surface area contributed by atoms with Gasteiger partial charge in [-0.1, -0.05) is 35.9 Å². The molecule has 0 fully saturated rings. The fourth-order valence-corrected chi connectivity index (χ4v) is 3.18. The summed E-state index contributed by atoms with van der Waals surface area (Å²) in [5.74, 6) is 0.576. The fraction of sp³-hybridized carbons (Fsp3) is 0.364. The molecule has 162 valence electrons. The van der Waals surface area contributed by atoms with Gasteiger partial charge in [0, 0.05) is 35.8 Å². The summed E-state index contributed by atoms with van der Waals surface area (Å²) in [6, 6.07) is 12.7. The number of nitrogens with one attached hydrogen (secondary N) is 3. The lowest BCUT2D eigenvalue weighted by Gasteiger charge is -2.26. The summed E-state index contributed by atoms with van der Waals surface area (Å²) in [6.07, 6.45) is 0.156. The third-order valence-corrected chi connectivity index (χ3v) is 5.17. The molecule has 30 heavy (non-hydrogen) atoms. The predicted octanol–water partition coefficient (Wildman–Crippen LogP) is 3.59. The van der Waals surface area contributed by atoms with E-state index in [0.29, 0.717) is 17.3 Å². The van der Waals surface area contributed by atoms with Crippen molar-refractivity contribution >= 4 is 29.2 Å². The highest BCUT2D eigenvalue weighted by atomic mass is 35.5. The number of halogens is 1. The first kappa shape index (κ1) is 23.5. The fourth-order valence-electron chi connectivity index (χ4n) is 3.01. The van der Waals surface area contributed by atoms with Crippen molar-refractivity contribution < 1.29 is 14.3 Å². The quantitative estimate of drug-likeness (QED) is 0.565. The summed E-state index contributed by atoms with van der Waals surface area (Å²) in [7, 11) is 5.51. The van der Waals surface area contributed by atoms with Crippen LogP contribution in [0.2, 0.25) is 5.02 Å². The predicted molar refractivity (Wildman–Crippen MR) is 120 cm³/mol. The zero-order chi connectivity index (χ0) is 22.1. The number of methoxy groups -OCH3 is 1. The lowest BCUT2D eigenvalue weighted by Crippen LogP contribution is -2.41. The lowest BCUT2D eigenvalue weighted by atomic mass is 10.0. The number of hydrogen-bond donors (Lipinski definition) is 3. The van der Waals surface area contributed by atoms with Crippen LogP contribution in [0, 0.1) is 6.92 Å². The van der Waals surface area contributed by atoms with Crippen LogP contribution in [0.3, 0.4) is 0 Å². The molecule has 0 aromatic heterocycles. The highest BCUT2D eigenvalue weighted by Crippen LogP contribution is 2.27. The third kappa shape index (κ3) is 6.64. The summed E-state index contributed by atoms with van der Waals surface area (Å²) in [4.78, 5) is 26.3. The summed E-state index contributed by atoms with van der Waals surface area (Å²) in [6.45, 7) is 2.46. The normalized spacial score (nSPS) is 11.7. The molecule has 0 saturated carbocycles. The molecule has 0 spiro atoms. The summed E-state index contributed by atoms with van der Waals surface area (Å²) < 4.78 is 5.43. The van der Waals surface area contributed by atoms with Gasteiger partial charge < -0.3 is 25.6 Å². The Hall–Kier alpha value is -2.77. The van der Waals surface area contributed by atoms with Crippen molar-refractivity contribution in [2.75, 3.05) is 39.6 Å². The number of ether oxygens (including phenoxy) is 1. The molecule has 2 rings (SSSR count). The number of urea groups is 1. The van der Waals surface area contributed by atoms with Crippen LogP contribution >= 0.6 is 11.6 Å². The van der Waals surface area contributed by atoms with Crippen molar-refractivity contribution in [1.29, 1.82) is 0 Å². The first-order valence-electron chi connectivity index (χ1n) is 9.69.